The summed E-state index contributed by atoms with van der Waals surface area (Å²) in [5, 5.41) is 15.7. The van der Waals surface area contributed by atoms with Crippen molar-refractivity contribution in [2.75, 3.05) is 0 Å². The van der Waals surface area contributed by atoms with Gasteiger partial charge in [0.1, 0.15) is 22.8 Å². The molecular formula is C57H35N3OS. The Morgan fingerprint density at radius 2 is 0.968 bits per heavy atom. The Morgan fingerprint density at radius 3 is 1.71 bits per heavy atom. The predicted octanol–water partition coefficient (Wildman–Crippen LogP) is 15.2. The van der Waals surface area contributed by atoms with Crippen molar-refractivity contribution in [1.82, 2.24) is 5.32 Å². The summed E-state index contributed by atoms with van der Waals surface area (Å²) in [6.07, 6.45) is -0.531. The summed E-state index contributed by atoms with van der Waals surface area (Å²) in [5.41, 5.74) is 9.47. The molecule has 12 aromatic rings. The third kappa shape index (κ3) is 5.45. The number of nitrogens with zero attached hydrogens (tertiary/aromatic N) is 2. The monoisotopic (exact) mass is 809 g/mol. The first-order valence-electron chi connectivity index (χ1n) is 21.0. The Balaban J connectivity index is 1.00. The summed E-state index contributed by atoms with van der Waals surface area (Å²) >= 11 is 1.86. The van der Waals surface area contributed by atoms with E-state index in [0.717, 1.165) is 55.9 Å². The van der Waals surface area contributed by atoms with E-state index in [1.807, 2.05) is 17.4 Å². The van der Waals surface area contributed by atoms with Crippen LogP contribution < -0.4 is 5.32 Å². The van der Waals surface area contributed by atoms with E-state index < -0.39 is 6.17 Å². The zero-order valence-electron chi connectivity index (χ0n) is 33.3. The molecule has 0 fully saturated rings. The van der Waals surface area contributed by atoms with E-state index in [0.29, 0.717) is 0 Å². The zero-order valence-corrected chi connectivity index (χ0v) is 34.2. The van der Waals surface area contributed by atoms with E-state index in [4.69, 9.17) is 14.4 Å². The van der Waals surface area contributed by atoms with Gasteiger partial charge in [-0.05, 0) is 84.9 Å². The molecular weight excluding hydrogens is 775 g/mol. The Kier molecular flexibility index (Phi) is 7.81. The Morgan fingerprint density at radius 1 is 0.387 bits per heavy atom. The van der Waals surface area contributed by atoms with Crippen molar-refractivity contribution in [2.24, 2.45) is 9.98 Å². The second-order valence-corrected chi connectivity index (χ2v) is 17.1. The average molecular weight is 810 g/mol. The minimum absolute atomic E-state index is 0.531. The van der Waals surface area contributed by atoms with Crippen molar-refractivity contribution < 1.29 is 4.42 Å². The number of benzene rings is 10. The van der Waals surface area contributed by atoms with Gasteiger partial charge in [0.15, 0.2) is 6.17 Å². The number of furan rings is 1. The van der Waals surface area contributed by atoms with Crippen LogP contribution in [-0.2, 0) is 0 Å². The second-order valence-electron chi connectivity index (χ2n) is 16.0. The van der Waals surface area contributed by atoms with E-state index in [2.05, 4.69) is 199 Å². The summed E-state index contributed by atoms with van der Waals surface area (Å²) in [6, 6.07) is 71.5. The molecule has 0 bridgehead atoms. The highest BCUT2D eigenvalue weighted by atomic mass is 32.1. The Bertz CT molecular complexity index is 3810. The molecule has 1 unspecified atom stereocenters. The molecule has 1 aliphatic rings. The van der Waals surface area contributed by atoms with Gasteiger partial charge in [-0.15, -0.1) is 11.3 Å². The van der Waals surface area contributed by atoms with E-state index in [-0.39, 0.29) is 0 Å². The minimum Gasteiger partial charge on any atom is -0.456 e. The van der Waals surface area contributed by atoms with Gasteiger partial charge in [-0.3, -0.25) is 0 Å². The SMILES string of the molecule is c1ccc(C2=NC(c3cccc4oc5ccc(-c6ccc(-c7ccccc7)c7sc8ccccc8c67)cc5c34)N=C(c3ccc4c5ccccc5c5ccccc5c4c3)N2)cc1. The molecule has 2 aromatic heterocycles. The van der Waals surface area contributed by atoms with Crippen molar-refractivity contribution >= 4 is 97.4 Å². The van der Waals surface area contributed by atoms with Gasteiger partial charge in [0.25, 0.3) is 0 Å². The quantitative estimate of drug-likeness (QED) is 0.176. The highest BCUT2D eigenvalue weighted by molar-refractivity contribution is 7.26. The summed E-state index contributed by atoms with van der Waals surface area (Å²) < 4.78 is 9.21. The van der Waals surface area contributed by atoms with Crippen LogP contribution in [0.5, 0.6) is 0 Å². The van der Waals surface area contributed by atoms with E-state index in [1.54, 1.807) is 0 Å². The third-order valence-electron chi connectivity index (χ3n) is 12.5. The number of hydrogen-bond donors (Lipinski definition) is 1. The van der Waals surface area contributed by atoms with E-state index in [9.17, 15) is 0 Å². The largest absolute Gasteiger partial charge is 0.456 e. The van der Waals surface area contributed by atoms with Gasteiger partial charge in [0.2, 0.25) is 0 Å². The molecule has 290 valence electrons. The maximum atomic E-state index is 6.63. The van der Waals surface area contributed by atoms with Gasteiger partial charge in [-0.2, -0.15) is 0 Å². The predicted molar refractivity (Wildman–Crippen MR) is 262 cm³/mol. The van der Waals surface area contributed by atoms with Crippen molar-refractivity contribution in [2.45, 2.75) is 6.17 Å². The number of hydrogen-bond acceptors (Lipinski definition) is 5. The maximum absolute atomic E-state index is 6.63. The van der Waals surface area contributed by atoms with Gasteiger partial charge in [-0.25, -0.2) is 9.98 Å². The highest BCUT2D eigenvalue weighted by Crippen LogP contribution is 2.46. The minimum atomic E-state index is -0.531. The van der Waals surface area contributed by atoms with Crippen molar-refractivity contribution in [3.63, 3.8) is 0 Å². The van der Waals surface area contributed by atoms with Crippen molar-refractivity contribution in [3.8, 4) is 22.3 Å². The Hall–Kier alpha value is -7.86. The number of thiophene rings is 1. The molecule has 13 rings (SSSR count). The standard InChI is InChI=1S/C57H35N3OS/c1-3-14-34(15-4-1)39-30-29-38(53-45-22-11-12-25-51(45)62-54(39)53)36-27-31-49-48(32-36)52-46(23-13-24-50(52)61-49)57-59-55(35-16-5-2-6-17-35)58-56(60-57)37-26-28-44-42-20-8-7-18-40(42)41-19-9-10-21-43(41)47(44)33-37/h1-33,57H,(H,58,59,60). The van der Waals surface area contributed by atoms with Crippen LogP contribution in [-0.4, -0.2) is 11.7 Å². The summed E-state index contributed by atoms with van der Waals surface area (Å²) in [6.45, 7) is 0. The smallest absolute Gasteiger partial charge is 0.170 e. The summed E-state index contributed by atoms with van der Waals surface area (Å²) in [5.74, 6) is 1.55. The Labute approximate surface area is 360 Å². The molecule has 4 nitrogen and oxygen atoms in total. The zero-order chi connectivity index (χ0) is 40.7. The van der Waals surface area contributed by atoms with Crippen LogP contribution in [0.1, 0.15) is 22.9 Å². The number of nitrogens with one attached hydrogen (secondary N) is 1. The number of aliphatic imine (C=N–C) groups is 2. The van der Waals surface area contributed by atoms with E-state index in [1.165, 1.54) is 69.2 Å². The molecule has 0 spiro atoms. The van der Waals surface area contributed by atoms with Crippen LogP contribution in [0.2, 0.25) is 0 Å². The number of amidine groups is 2. The van der Waals surface area contributed by atoms with Crippen LogP contribution in [0.15, 0.2) is 215 Å². The van der Waals surface area contributed by atoms with Crippen LogP contribution in [0.25, 0.3) is 96.7 Å². The van der Waals surface area contributed by atoms with E-state index >= 15 is 0 Å². The fraction of sp³-hybridized carbons (Fsp3) is 0.0175. The molecule has 0 radical (unpaired) electrons. The normalized spacial score (nSPS) is 14.3. The van der Waals surface area contributed by atoms with Gasteiger partial charge >= 0.3 is 0 Å². The second kappa shape index (κ2) is 13.8. The molecule has 0 saturated carbocycles. The van der Waals surface area contributed by atoms with Crippen LogP contribution >= 0.6 is 11.3 Å². The molecule has 10 aromatic carbocycles. The summed E-state index contributed by atoms with van der Waals surface area (Å²) in [4.78, 5) is 10.8. The van der Waals surface area contributed by atoms with Crippen molar-refractivity contribution in [3.05, 3.63) is 217 Å². The van der Waals surface area contributed by atoms with Gasteiger partial charge in [0.05, 0.1) is 0 Å². The molecule has 5 heteroatoms. The number of fused-ring (bicyclic) bond motifs is 12. The topological polar surface area (TPSA) is 49.9 Å². The molecule has 3 heterocycles. The fourth-order valence-corrected chi connectivity index (χ4v) is 10.9. The summed E-state index contributed by atoms with van der Waals surface area (Å²) in [7, 11) is 0. The lowest BCUT2D eigenvalue weighted by Gasteiger charge is -2.23. The molecule has 1 atom stereocenters. The first-order chi connectivity index (χ1) is 30.7. The molecule has 1 aliphatic heterocycles. The van der Waals surface area contributed by atoms with Crippen LogP contribution in [0.3, 0.4) is 0 Å². The first-order valence-corrected chi connectivity index (χ1v) is 21.8. The van der Waals surface area contributed by atoms with Gasteiger partial charge in [0, 0.05) is 47.6 Å². The van der Waals surface area contributed by atoms with Gasteiger partial charge < -0.3 is 9.73 Å². The lowest BCUT2D eigenvalue weighted by atomic mass is 9.93. The lowest BCUT2D eigenvalue weighted by molar-refractivity contribution is 0.667. The fourth-order valence-electron chi connectivity index (χ4n) is 9.68. The molecule has 1 N–H and O–H groups in total. The molecule has 0 saturated heterocycles. The van der Waals surface area contributed by atoms with Crippen LogP contribution in [0.4, 0.5) is 0 Å². The van der Waals surface area contributed by atoms with Gasteiger partial charge in [-0.1, -0.05) is 170 Å². The first kappa shape index (κ1) is 34.9. The maximum Gasteiger partial charge on any atom is 0.170 e. The van der Waals surface area contributed by atoms with Crippen molar-refractivity contribution in [1.29, 1.82) is 0 Å². The molecule has 0 amide bonds. The third-order valence-corrected chi connectivity index (χ3v) is 13.7. The van der Waals surface area contributed by atoms with Crippen LogP contribution in [0, 0.1) is 0 Å². The molecule has 62 heavy (non-hydrogen) atoms. The highest BCUT2D eigenvalue weighted by Gasteiger charge is 2.25. The molecule has 0 aliphatic carbocycles. The average Bonchev–Trinajstić information content (AvgIpc) is 3.93. The number of rotatable bonds is 5. The lowest BCUT2D eigenvalue weighted by Crippen LogP contribution is -2.36.